The van der Waals surface area contributed by atoms with E-state index in [1.54, 1.807) is 0 Å². The second kappa shape index (κ2) is 6.07. The first-order valence-corrected chi connectivity index (χ1v) is 8.45. The summed E-state index contributed by atoms with van der Waals surface area (Å²) in [6.45, 7) is -0.192. The molecule has 5 nitrogen and oxygen atoms in total. The van der Waals surface area contributed by atoms with Crippen LogP contribution < -0.4 is 5.73 Å². The van der Waals surface area contributed by atoms with Crippen LogP contribution in [0.2, 0.25) is 10.0 Å². The van der Waals surface area contributed by atoms with Crippen molar-refractivity contribution >= 4 is 38.9 Å². The van der Waals surface area contributed by atoms with Crippen LogP contribution in [0.4, 0.5) is 5.69 Å². The highest BCUT2D eigenvalue weighted by molar-refractivity contribution is 7.89. The number of nitrogens with two attached hydrogens (primary N) is 1. The predicted octanol–water partition coefficient (Wildman–Crippen LogP) is 2.11. The molecular formula is C12H16Cl2N2O3S. The number of nitrogens with zero attached hydrogens (tertiary/aromatic N) is 1. The van der Waals surface area contributed by atoms with E-state index in [1.807, 2.05) is 0 Å². The van der Waals surface area contributed by atoms with Crippen LogP contribution in [0.5, 0.6) is 0 Å². The van der Waals surface area contributed by atoms with Gasteiger partial charge < -0.3 is 10.8 Å². The fourth-order valence-corrected chi connectivity index (χ4v) is 4.56. The molecule has 1 aromatic rings. The standard InChI is InChI=1S/C12H16Cl2N2O3S/c13-9-4-5-10(11(14)12(9)15)20(18,19)16(6-7-17)8-2-1-3-8/h4-5,8,17H,1-3,6-7,15H2. The highest BCUT2D eigenvalue weighted by Gasteiger charge is 2.36. The molecule has 0 spiro atoms. The number of aliphatic hydroxyl groups excluding tert-OH is 1. The van der Waals surface area contributed by atoms with Crippen molar-refractivity contribution in [3.63, 3.8) is 0 Å². The Hall–Kier alpha value is -0.530. The number of anilines is 1. The Morgan fingerprint density at radius 1 is 1.35 bits per heavy atom. The number of benzene rings is 1. The molecule has 2 rings (SSSR count). The number of sulfonamides is 1. The summed E-state index contributed by atoms with van der Waals surface area (Å²) in [7, 11) is -3.79. The molecule has 20 heavy (non-hydrogen) atoms. The average Bonchev–Trinajstić information content (AvgIpc) is 2.33. The maximum Gasteiger partial charge on any atom is 0.244 e. The van der Waals surface area contributed by atoms with Gasteiger partial charge in [-0.3, -0.25) is 0 Å². The Bertz CT molecular complexity index is 603. The van der Waals surface area contributed by atoms with Gasteiger partial charge in [0.1, 0.15) is 4.90 Å². The first-order chi connectivity index (χ1) is 9.39. The van der Waals surface area contributed by atoms with Gasteiger partial charge in [0, 0.05) is 12.6 Å². The Kier molecular flexibility index (Phi) is 4.81. The second-order valence-electron chi connectivity index (χ2n) is 4.70. The molecule has 8 heteroatoms. The van der Waals surface area contributed by atoms with Gasteiger partial charge >= 0.3 is 0 Å². The molecule has 1 saturated carbocycles. The zero-order valence-corrected chi connectivity index (χ0v) is 13.0. The van der Waals surface area contributed by atoms with Gasteiger partial charge in [-0.15, -0.1) is 0 Å². The average molecular weight is 339 g/mol. The summed E-state index contributed by atoms with van der Waals surface area (Å²) in [5, 5.41) is 9.24. The molecule has 0 atom stereocenters. The fraction of sp³-hybridized carbons (Fsp3) is 0.500. The number of nitrogen functional groups attached to an aromatic ring is 1. The van der Waals surface area contributed by atoms with E-state index in [0.717, 1.165) is 19.3 Å². The lowest BCUT2D eigenvalue weighted by molar-refractivity contribution is 0.178. The van der Waals surface area contributed by atoms with Crippen molar-refractivity contribution in [1.82, 2.24) is 4.31 Å². The Labute approximate surface area is 128 Å². The SMILES string of the molecule is Nc1c(Cl)ccc(S(=O)(=O)N(CCO)C2CCC2)c1Cl. The van der Waals surface area contributed by atoms with Crippen molar-refractivity contribution in [1.29, 1.82) is 0 Å². The summed E-state index contributed by atoms with van der Waals surface area (Å²) in [5.41, 5.74) is 5.73. The largest absolute Gasteiger partial charge is 0.396 e. The van der Waals surface area contributed by atoms with Crippen LogP contribution in [-0.2, 0) is 10.0 Å². The van der Waals surface area contributed by atoms with Crippen molar-refractivity contribution < 1.29 is 13.5 Å². The predicted molar refractivity (Wildman–Crippen MR) is 79.5 cm³/mol. The van der Waals surface area contributed by atoms with E-state index in [4.69, 9.17) is 34.0 Å². The van der Waals surface area contributed by atoms with Crippen molar-refractivity contribution in [3.8, 4) is 0 Å². The molecule has 0 radical (unpaired) electrons. The molecule has 0 heterocycles. The highest BCUT2D eigenvalue weighted by atomic mass is 35.5. The van der Waals surface area contributed by atoms with Gasteiger partial charge in [-0.2, -0.15) is 4.31 Å². The van der Waals surface area contributed by atoms with E-state index in [9.17, 15) is 8.42 Å². The number of rotatable bonds is 5. The normalized spacial score (nSPS) is 16.4. The van der Waals surface area contributed by atoms with Crippen LogP contribution in [0.25, 0.3) is 0 Å². The molecule has 0 unspecified atom stereocenters. The van der Waals surface area contributed by atoms with Crippen LogP contribution in [0.3, 0.4) is 0 Å². The fourth-order valence-electron chi connectivity index (χ4n) is 2.15. The minimum absolute atomic E-state index is 0.0475. The molecule has 0 bridgehead atoms. The zero-order valence-electron chi connectivity index (χ0n) is 10.7. The first-order valence-electron chi connectivity index (χ1n) is 6.25. The summed E-state index contributed by atoms with van der Waals surface area (Å²) >= 11 is 11.8. The Morgan fingerprint density at radius 2 is 2.00 bits per heavy atom. The number of halogens is 2. The lowest BCUT2D eigenvalue weighted by Gasteiger charge is -2.36. The Balaban J connectivity index is 2.45. The lowest BCUT2D eigenvalue weighted by Crippen LogP contribution is -2.45. The van der Waals surface area contributed by atoms with Crippen LogP contribution in [0, 0.1) is 0 Å². The van der Waals surface area contributed by atoms with Gasteiger partial charge in [0.25, 0.3) is 0 Å². The van der Waals surface area contributed by atoms with Crippen LogP contribution in [0.1, 0.15) is 19.3 Å². The smallest absolute Gasteiger partial charge is 0.244 e. The van der Waals surface area contributed by atoms with Gasteiger partial charge in [0.05, 0.1) is 22.3 Å². The molecule has 3 N–H and O–H groups in total. The third-order valence-electron chi connectivity index (χ3n) is 3.48. The van der Waals surface area contributed by atoms with Gasteiger partial charge in [-0.05, 0) is 25.0 Å². The lowest BCUT2D eigenvalue weighted by atomic mass is 9.93. The van der Waals surface area contributed by atoms with E-state index < -0.39 is 10.0 Å². The van der Waals surface area contributed by atoms with Crippen molar-refractivity contribution in [3.05, 3.63) is 22.2 Å². The van der Waals surface area contributed by atoms with Crippen LogP contribution >= 0.6 is 23.2 Å². The van der Waals surface area contributed by atoms with E-state index in [0.29, 0.717) is 0 Å². The van der Waals surface area contributed by atoms with E-state index in [-0.39, 0.29) is 39.8 Å². The summed E-state index contributed by atoms with van der Waals surface area (Å²) in [6.07, 6.45) is 2.57. The topological polar surface area (TPSA) is 83.6 Å². The molecule has 1 aliphatic rings. The van der Waals surface area contributed by atoms with E-state index in [1.165, 1.54) is 16.4 Å². The van der Waals surface area contributed by atoms with Crippen LogP contribution in [-0.4, -0.2) is 37.0 Å². The van der Waals surface area contributed by atoms with Crippen molar-refractivity contribution in [2.75, 3.05) is 18.9 Å². The molecule has 1 aliphatic carbocycles. The van der Waals surface area contributed by atoms with Crippen LogP contribution in [0.15, 0.2) is 17.0 Å². The number of hydrogen-bond acceptors (Lipinski definition) is 4. The Morgan fingerprint density at radius 3 is 2.50 bits per heavy atom. The zero-order chi connectivity index (χ0) is 14.9. The molecule has 1 fully saturated rings. The third-order valence-corrected chi connectivity index (χ3v) is 6.32. The van der Waals surface area contributed by atoms with E-state index >= 15 is 0 Å². The molecule has 0 saturated heterocycles. The number of hydrogen-bond donors (Lipinski definition) is 2. The minimum atomic E-state index is -3.79. The summed E-state index contributed by atoms with van der Waals surface area (Å²) in [4.78, 5) is -0.0681. The molecule has 1 aromatic carbocycles. The second-order valence-corrected chi connectivity index (χ2v) is 7.34. The summed E-state index contributed by atoms with van der Waals surface area (Å²) < 4.78 is 26.6. The number of aliphatic hydroxyl groups is 1. The minimum Gasteiger partial charge on any atom is -0.396 e. The van der Waals surface area contributed by atoms with Gasteiger partial charge in [-0.25, -0.2) is 8.42 Å². The molecule has 0 aromatic heterocycles. The van der Waals surface area contributed by atoms with Crippen molar-refractivity contribution in [2.45, 2.75) is 30.2 Å². The monoisotopic (exact) mass is 338 g/mol. The van der Waals surface area contributed by atoms with Crippen molar-refractivity contribution in [2.24, 2.45) is 0 Å². The van der Waals surface area contributed by atoms with Gasteiger partial charge in [0.2, 0.25) is 10.0 Å². The molecule has 112 valence electrons. The van der Waals surface area contributed by atoms with E-state index in [2.05, 4.69) is 0 Å². The van der Waals surface area contributed by atoms with Gasteiger partial charge in [0.15, 0.2) is 0 Å². The molecular weight excluding hydrogens is 323 g/mol. The molecule has 0 amide bonds. The highest BCUT2D eigenvalue weighted by Crippen LogP contribution is 2.37. The summed E-state index contributed by atoms with van der Waals surface area (Å²) in [5.74, 6) is 0. The van der Waals surface area contributed by atoms with Gasteiger partial charge in [-0.1, -0.05) is 29.6 Å². The maximum atomic E-state index is 12.7. The summed E-state index contributed by atoms with van der Waals surface area (Å²) in [6, 6.07) is 2.67. The molecule has 0 aliphatic heterocycles. The maximum absolute atomic E-state index is 12.7. The quantitative estimate of drug-likeness (QED) is 0.805. The first kappa shape index (κ1) is 15.9. The third kappa shape index (κ3) is 2.76.